The second kappa shape index (κ2) is 3.65. The first-order chi connectivity index (χ1) is 7.78. The molecule has 94 valence electrons. The van der Waals surface area contributed by atoms with Gasteiger partial charge in [-0.25, -0.2) is 4.79 Å². The second-order valence-corrected chi connectivity index (χ2v) is 5.27. The maximum Gasteiger partial charge on any atom is 0.410 e. The minimum absolute atomic E-state index is 0.0777. The molecule has 0 unspecified atom stereocenters. The van der Waals surface area contributed by atoms with Gasteiger partial charge in [0.2, 0.25) is 0 Å². The van der Waals surface area contributed by atoms with Gasteiger partial charge in [0, 0.05) is 7.05 Å². The van der Waals surface area contributed by atoms with E-state index in [1.165, 1.54) is 9.58 Å². The number of nitrogens with zero attached hydrogens (tertiary/aromatic N) is 2. The van der Waals surface area contributed by atoms with Crippen molar-refractivity contribution in [2.24, 2.45) is 7.05 Å². The van der Waals surface area contributed by atoms with Crippen LogP contribution < -0.4 is 5.56 Å². The lowest BCUT2D eigenvalue weighted by atomic mass is 10.2. The molecule has 2 rings (SSSR count). The highest BCUT2D eigenvalue weighted by atomic mass is 16.6. The van der Waals surface area contributed by atoms with Crippen LogP contribution in [-0.2, 0) is 24.9 Å². The van der Waals surface area contributed by atoms with Crippen molar-refractivity contribution in [1.29, 1.82) is 0 Å². The van der Waals surface area contributed by atoms with Crippen LogP contribution in [0.25, 0.3) is 0 Å². The summed E-state index contributed by atoms with van der Waals surface area (Å²) >= 11 is 0. The molecular formula is C11H17N3O3. The number of carbonyl (C=O) groups excluding carboxylic acids is 1. The van der Waals surface area contributed by atoms with E-state index in [1.54, 1.807) is 7.05 Å². The van der Waals surface area contributed by atoms with Crippen LogP contribution in [-0.4, -0.2) is 26.4 Å². The van der Waals surface area contributed by atoms with Crippen molar-refractivity contribution in [3.05, 3.63) is 21.6 Å². The van der Waals surface area contributed by atoms with Crippen LogP contribution >= 0.6 is 0 Å². The minimum Gasteiger partial charge on any atom is -0.444 e. The number of rotatable bonds is 0. The number of aromatic amines is 1. The van der Waals surface area contributed by atoms with Gasteiger partial charge in [0.1, 0.15) is 5.60 Å². The molecule has 0 aliphatic carbocycles. The highest BCUT2D eigenvalue weighted by molar-refractivity contribution is 5.69. The molecule has 1 aliphatic heterocycles. The molecule has 1 amide bonds. The highest BCUT2D eigenvalue weighted by Crippen LogP contribution is 2.20. The molecule has 1 N–H and O–H groups in total. The summed E-state index contributed by atoms with van der Waals surface area (Å²) in [7, 11) is 1.67. The molecule has 0 saturated heterocycles. The van der Waals surface area contributed by atoms with Crippen molar-refractivity contribution < 1.29 is 9.53 Å². The van der Waals surface area contributed by atoms with Crippen molar-refractivity contribution in [3.63, 3.8) is 0 Å². The first-order valence-corrected chi connectivity index (χ1v) is 5.52. The maximum atomic E-state index is 11.8. The fraction of sp³-hybridized carbons (Fsp3) is 0.636. The number of amides is 1. The first kappa shape index (κ1) is 11.8. The van der Waals surface area contributed by atoms with Crippen molar-refractivity contribution in [1.82, 2.24) is 14.7 Å². The number of hydrogen-bond acceptors (Lipinski definition) is 3. The average molecular weight is 239 g/mol. The number of aryl methyl sites for hydroxylation is 1. The molecule has 0 radical (unpaired) electrons. The number of fused-ring (bicyclic) bond motifs is 1. The fourth-order valence-corrected chi connectivity index (χ4v) is 1.84. The Morgan fingerprint density at radius 2 is 2.00 bits per heavy atom. The summed E-state index contributed by atoms with van der Waals surface area (Å²) < 4.78 is 6.68. The van der Waals surface area contributed by atoms with Gasteiger partial charge in [-0.1, -0.05) is 0 Å². The van der Waals surface area contributed by atoms with E-state index in [0.29, 0.717) is 18.7 Å². The Bertz CT molecular complexity index is 507. The van der Waals surface area contributed by atoms with Gasteiger partial charge in [-0.05, 0) is 20.8 Å². The third-order valence-electron chi connectivity index (χ3n) is 2.58. The van der Waals surface area contributed by atoms with E-state index in [-0.39, 0.29) is 11.7 Å². The molecule has 2 heterocycles. The number of hydrogen-bond donors (Lipinski definition) is 1. The van der Waals surface area contributed by atoms with Crippen molar-refractivity contribution in [2.45, 2.75) is 39.5 Å². The Balaban J connectivity index is 2.11. The zero-order valence-corrected chi connectivity index (χ0v) is 10.5. The highest BCUT2D eigenvalue weighted by Gasteiger charge is 2.30. The summed E-state index contributed by atoms with van der Waals surface area (Å²) in [6.45, 7) is 6.18. The van der Waals surface area contributed by atoms with Crippen LogP contribution in [0, 0.1) is 0 Å². The Hall–Kier alpha value is -1.72. The molecule has 1 aliphatic rings. The Morgan fingerprint density at radius 3 is 2.53 bits per heavy atom. The molecular weight excluding hydrogens is 222 g/mol. The summed E-state index contributed by atoms with van der Waals surface area (Å²) in [6, 6.07) is 0. The largest absolute Gasteiger partial charge is 0.444 e. The summed E-state index contributed by atoms with van der Waals surface area (Å²) in [6.07, 6.45) is -0.385. The lowest BCUT2D eigenvalue weighted by molar-refractivity contribution is 0.0238. The third kappa shape index (κ3) is 2.20. The van der Waals surface area contributed by atoms with Gasteiger partial charge in [0.15, 0.2) is 0 Å². The molecule has 0 spiro atoms. The van der Waals surface area contributed by atoms with Gasteiger partial charge >= 0.3 is 6.09 Å². The van der Waals surface area contributed by atoms with Crippen LogP contribution in [0.3, 0.4) is 0 Å². The molecule has 0 bridgehead atoms. The van der Waals surface area contributed by atoms with Gasteiger partial charge < -0.3 is 4.74 Å². The molecule has 0 aromatic carbocycles. The van der Waals surface area contributed by atoms with Crippen LogP contribution in [0.2, 0.25) is 0 Å². The topological polar surface area (TPSA) is 67.3 Å². The number of carbonyl (C=O) groups is 1. The van der Waals surface area contributed by atoms with E-state index in [1.807, 2.05) is 20.8 Å². The van der Waals surface area contributed by atoms with Gasteiger partial charge in [-0.3, -0.25) is 19.5 Å². The normalized spacial score (nSPS) is 14.9. The number of ether oxygens (including phenoxy) is 1. The maximum absolute atomic E-state index is 11.8. The molecule has 0 fully saturated rings. The van der Waals surface area contributed by atoms with Gasteiger partial charge in [0.05, 0.1) is 24.3 Å². The number of H-pyrrole nitrogens is 1. The predicted molar refractivity (Wildman–Crippen MR) is 61.5 cm³/mol. The summed E-state index contributed by atoms with van der Waals surface area (Å²) in [5.74, 6) is 0. The van der Waals surface area contributed by atoms with E-state index >= 15 is 0 Å². The SMILES string of the molecule is Cn1[nH]c2c(c1=O)CN(C(=O)OC(C)(C)C)C2. The minimum atomic E-state index is -0.516. The van der Waals surface area contributed by atoms with Crippen LogP contribution in [0.4, 0.5) is 4.79 Å². The first-order valence-electron chi connectivity index (χ1n) is 5.52. The summed E-state index contributed by atoms with van der Waals surface area (Å²) in [5, 5.41) is 2.93. The zero-order chi connectivity index (χ0) is 12.8. The van der Waals surface area contributed by atoms with Crippen LogP contribution in [0.1, 0.15) is 32.0 Å². The van der Waals surface area contributed by atoms with E-state index in [0.717, 1.165) is 5.69 Å². The third-order valence-corrected chi connectivity index (χ3v) is 2.58. The molecule has 1 aromatic rings. The molecule has 1 aromatic heterocycles. The molecule has 17 heavy (non-hydrogen) atoms. The average Bonchev–Trinajstić information content (AvgIpc) is 2.66. The van der Waals surface area contributed by atoms with E-state index < -0.39 is 5.60 Å². The van der Waals surface area contributed by atoms with Crippen LogP contribution in [0.15, 0.2) is 4.79 Å². The second-order valence-electron chi connectivity index (χ2n) is 5.27. The molecule has 6 nitrogen and oxygen atoms in total. The van der Waals surface area contributed by atoms with Crippen LogP contribution in [0.5, 0.6) is 0 Å². The van der Waals surface area contributed by atoms with Gasteiger partial charge in [0.25, 0.3) is 5.56 Å². The Labute approximate surface area is 99.1 Å². The van der Waals surface area contributed by atoms with Crippen molar-refractivity contribution >= 4 is 6.09 Å². The van der Waals surface area contributed by atoms with Crippen molar-refractivity contribution in [2.75, 3.05) is 0 Å². The van der Waals surface area contributed by atoms with E-state index in [2.05, 4.69) is 5.10 Å². The lowest BCUT2D eigenvalue weighted by Crippen LogP contribution is -2.34. The van der Waals surface area contributed by atoms with E-state index in [4.69, 9.17) is 4.74 Å². The number of nitrogens with one attached hydrogen (secondary N) is 1. The van der Waals surface area contributed by atoms with Gasteiger partial charge in [-0.15, -0.1) is 0 Å². The monoisotopic (exact) mass is 239 g/mol. The number of aromatic nitrogens is 2. The lowest BCUT2D eigenvalue weighted by Gasteiger charge is -2.24. The quantitative estimate of drug-likeness (QED) is 0.733. The molecule has 6 heteroatoms. The van der Waals surface area contributed by atoms with E-state index in [9.17, 15) is 9.59 Å². The summed E-state index contributed by atoms with van der Waals surface area (Å²) in [4.78, 5) is 25.0. The van der Waals surface area contributed by atoms with Gasteiger partial charge in [-0.2, -0.15) is 0 Å². The zero-order valence-electron chi connectivity index (χ0n) is 10.5. The smallest absolute Gasteiger partial charge is 0.410 e. The predicted octanol–water partition coefficient (Wildman–Crippen LogP) is 0.964. The Kier molecular flexibility index (Phi) is 2.52. The fourth-order valence-electron chi connectivity index (χ4n) is 1.84. The Morgan fingerprint density at radius 1 is 1.35 bits per heavy atom. The summed E-state index contributed by atoms with van der Waals surface area (Å²) in [5.41, 5.74) is 0.853. The van der Waals surface area contributed by atoms with Crippen molar-refractivity contribution in [3.8, 4) is 0 Å². The standard InChI is InChI=1S/C11H17N3O3/c1-11(2,3)17-10(16)14-5-7-8(6-14)12-13(4)9(7)15/h12H,5-6H2,1-4H3. The molecule has 0 atom stereocenters. The molecule has 0 saturated carbocycles.